The van der Waals surface area contributed by atoms with Gasteiger partial charge in [-0.2, -0.15) is 0 Å². The van der Waals surface area contributed by atoms with Crippen LogP contribution in [-0.2, 0) is 0 Å². The van der Waals surface area contributed by atoms with E-state index in [1.54, 1.807) is 38.1 Å². The molecule has 0 unspecified atom stereocenters. The molecule has 88 valence electrons. The molecule has 0 aliphatic carbocycles. The largest absolute Gasteiger partial charge is 0.508 e. The van der Waals surface area contributed by atoms with E-state index in [0.29, 0.717) is 22.3 Å². The maximum Gasteiger partial charge on any atom is 0.130 e. The fourth-order valence-corrected chi connectivity index (χ4v) is 1.90. The molecule has 0 radical (unpaired) electrons. The van der Waals surface area contributed by atoms with Crippen LogP contribution in [0.4, 0.5) is 0 Å². The number of aromatic hydroxyl groups is 3. The fraction of sp³-hybridized carbons (Fsp3) is 0.143. The van der Waals surface area contributed by atoms with E-state index in [2.05, 4.69) is 0 Å². The molecule has 0 spiro atoms. The molecule has 0 bridgehead atoms. The predicted octanol–water partition coefficient (Wildman–Crippen LogP) is 3.09. The van der Waals surface area contributed by atoms with Crippen LogP contribution in [0, 0.1) is 13.8 Å². The molecule has 0 amide bonds. The van der Waals surface area contributed by atoms with Crippen LogP contribution in [0.1, 0.15) is 11.1 Å². The molecule has 2 rings (SSSR count). The van der Waals surface area contributed by atoms with Crippen LogP contribution in [-0.4, -0.2) is 15.3 Å². The van der Waals surface area contributed by atoms with Crippen LogP contribution < -0.4 is 0 Å². The summed E-state index contributed by atoms with van der Waals surface area (Å²) in [7, 11) is 0. The molecule has 3 nitrogen and oxygen atoms in total. The molecule has 2 aromatic carbocycles. The first-order valence-corrected chi connectivity index (χ1v) is 5.32. The van der Waals surface area contributed by atoms with Gasteiger partial charge in [0.2, 0.25) is 0 Å². The minimum atomic E-state index is 0.0405. The van der Waals surface area contributed by atoms with Crippen molar-refractivity contribution in [1.82, 2.24) is 0 Å². The van der Waals surface area contributed by atoms with E-state index in [9.17, 15) is 15.3 Å². The van der Waals surface area contributed by atoms with Crippen LogP contribution in [0.15, 0.2) is 30.3 Å². The summed E-state index contributed by atoms with van der Waals surface area (Å²) in [6.07, 6.45) is 0. The average molecular weight is 230 g/mol. The Hall–Kier alpha value is -2.16. The van der Waals surface area contributed by atoms with Gasteiger partial charge in [-0.1, -0.05) is 12.1 Å². The fourth-order valence-electron chi connectivity index (χ4n) is 1.90. The number of aryl methyl sites for hydroxylation is 2. The summed E-state index contributed by atoms with van der Waals surface area (Å²) in [5, 5.41) is 29.4. The van der Waals surface area contributed by atoms with Crippen molar-refractivity contribution in [3.05, 3.63) is 41.5 Å². The van der Waals surface area contributed by atoms with Crippen molar-refractivity contribution in [1.29, 1.82) is 0 Å². The molecule has 0 fully saturated rings. The number of benzene rings is 2. The summed E-state index contributed by atoms with van der Waals surface area (Å²) >= 11 is 0. The zero-order chi connectivity index (χ0) is 12.6. The molecule has 0 saturated carbocycles. The molecule has 0 heterocycles. The second-order valence-electron chi connectivity index (χ2n) is 4.13. The van der Waals surface area contributed by atoms with Gasteiger partial charge in [-0.3, -0.25) is 0 Å². The van der Waals surface area contributed by atoms with Gasteiger partial charge >= 0.3 is 0 Å². The molecule has 0 aromatic heterocycles. The lowest BCUT2D eigenvalue weighted by molar-refractivity contribution is 0.448. The normalized spacial score (nSPS) is 10.5. The number of rotatable bonds is 1. The molecule has 3 heteroatoms. The summed E-state index contributed by atoms with van der Waals surface area (Å²) in [5.74, 6) is 0.179. The smallest absolute Gasteiger partial charge is 0.130 e. The van der Waals surface area contributed by atoms with Gasteiger partial charge in [0, 0.05) is 0 Å². The minimum Gasteiger partial charge on any atom is -0.508 e. The van der Waals surface area contributed by atoms with Crippen molar-refractivity contribution in [3.63, 3.8) is 0 Å². The van der Waals surface area contributed by atoms with Crippen LogP contribution in [0.25, 0.3) is 11.1 Å². The summed E-state index contributed by atoms with van der Waals surface area (Å²) in [6, 6.07) is 8.17. The maximum absolute atomic E-state index is 10.0. The van der Waals surface area contributed by atoms with Gasteiger partial charge < -0.3 is 15.3 Å². The molecular weight excluding hydrogens is 216 g/mol. The van der Waals surface area contributed by atoms with Gasteiger partial charge in [0.1, 0.15) is 17.2 Å². The van der Waals surface area contributed by atoms with E-state index >= 15 is 0 Å². The Morgan fingerprint density at radius 3 is 1.94 bits per heavy atom. The first kappa shape index (κ1) is 11.3. The van der Waals surface area contributed by atoms with Crippen molar-refractivity contribution in [3.8, 4) is 28.4 Å². The SMILES string of the molecule is Cc1cc(C)c(O)c(-c2cccc(O)c2)c1O. The van der Waals surface area contributed by atoms with E-state index in [1.807, 2.05) is 0 Å². The number of hydrogen-bond acceptors (Lipinski definition) is 3. The minimum absolute atomic E-state index is 0.0405. The average Bonchev–Trinajstić information content (AvgIpc) is 2.27. The van der Waals surface area contributed by atoms with E-state index in [1.165, 1.54) is 6.07 Å². The van der Waals surface area contributed by atoms with Gasteiger partial charge in [0.25, 0.3) is 0 Å². The molecule has 0 aliphatic heterocycles. The summed E-state index contributed by atoms with van der Waals surface area (Å²) < 4.78 is 0. The highest BCUT2D eigenvalue weighted by molar-refractivity contribution is 5.79. The monoisotopic (exact) mass is 230 g/mol. The lowest BCUT2D eigenvalue weighted by Gasteiger charge is -2.12. The van der Waals surface area contributed by atoms with Crippen LogP contribution >= 0.6 is 0 Å². The highest BCUT2D eigenvalue weighted by atomic mass is 16.3. The Morgan fingerprint density at radius 2 is 1.41 bits per heavy atom. The highest BCUT2D eigenvalue weighted by Crippen LogP contribution is 2.42. The van der Waals surface area contributed by atoms with Crippen LogP contribution in [0.3, 0.4) is 0 Å². The number of phenols is 3. The zero-order valence-electron chi connectivity index (χ0n) is 9.73. The third-order valence-corrected chi connectivity index (χ3v) is 2.79. The van der Waals surface area contributed by atoms with Gasteiger partial charge in [-0.15, -0.1) is 0 Å². The Kier molecular flexibility index (Phi) is 2.68. The van der Waals surface area contributed by atoms with Gasteiger partial charge in [-0.05, 0) is 48.7 Å². The van der Waals surface area contributed by atoms with E-state index < -0.39 is 0 Å². The Bertz CT molecular complexity index is 548. The molecule has 3 N–H and O–H groups in total. The van der Waals surface area contributed by atoms with Crippen molar-refractivity contribution < 1.29 is 15.3 Å². The quantitative estimate of drug-likeness (QED) is 0.705. The standard InChI is InChI=1S/C14H14O3/c1-8-6-9(2)14(17)12(13(8)16)10-4-3-5-11(15)7-10/h3-7,15-17H,1-2H3. The Morgan fingerprint density at radius 1 is 0.824 bits per heavy atom. The number of phenolic OH excluding ortho intramolecular Hbond substituents is 3. The van der Waals surface area contributed by atoms with E-state index in [-0.39, 0.29) is 17.2 Å². The van der Waals surface area contributed by atoms with Crippen molar-refractivity contribution in [2.75, 3.05) is 0 Å². The first-order chi connectivity index (χ1) is 8.00. The van der Waals surface area contributed by atoms with Crippen molar-refractivity contribution >= 4 is 0 Å². The van der Waals surface area contributed by atoms with E-state index in [0.717, 1.165) is 0 Å². The summed E-state index contributed by atoms with van der Waals surface area (Å²) in [5.41, 5.74) is 2.34. The molecule has 17 heavy (non-hydrogen) atoms. The highest BCUT2D eigenvalue weighted by Gasteiger charge is 2.15. The lowest BCUT2D eigenvalue weighted by atomic mass is 9.97. The second kappa shape index (κ2) is 4.01. The summed E-state index contributed by atoms with van der Waals surface area (Å²) in [4.78, 5) is 0. The predicted molar refractivity (Wildman–Crippen MR) is 66.3 cm³/mol. The molecule has 0 saturated heterocycles. The molecule has 2 aromatic rings. The van der Waals surface area contributed by atoms with Gasteiger partial charge in [0.15, 0.2) is 0 Å². The third kappa shape index (κ3) is 1.91. The van der Waals surface area contributed by atoms with E-state index in [4.69, 9.17) is 0 Å². The maximum atomic E-state index is 10.0. The van der Waals surface area contributed by atoms with Gasteiger partial charge in [0.05, 0.1) is 5.56 Å². The van der Waals surface area contributed by atoms with Gasteiger partial charge in [-0.25, -0.2) is 0 Å². The Balaban J connectivity index is 2.75. The third-order valence-electron chi connectivity index (χ3n) is 2.79. The lowest BCUT2D eigenvalue weighted by Crippen LogP contribution is -1.87. The molecule has 0 aliphatic rings. The summed E-state index contributed by atoms with van der Waals surface area (Å²) in [6.45, 7) is 3.54. The second-order valence-corrected chi connectivity index (χ2v) is 4.13. The topological polar surface area (TPSA) is 60.7 Å². The van der Waals surface area contributed by atoms with Crippen LogP contribution in [0.2, 0.25) is 0 Å². The zero-order valence-corrected chi connectivity index (χ0v) is 9.73. The number of hydrogen-bond donors (Lipinski definition) is 3. The molecule has 0 atom stereocenters. The van der Waals surface area contributed by atoms with Crippen LogP contribution in [0.5, 0.6) is 17.2 Å². The van der Waals surface area contributed by atoms with Crippen molar-refractivity contribution in [2.45, 2.75) is 13.8 Å². The first-order valence-electron chi connectivity index (χ1n) is 5.32. The molecular formula is C14H14O3. The Labute approximate surface area is 99.6 Å². The van der Waals surface area contributed by atoms with Crippen molar-refractivity contribution in [2.24, 2.45) is 0 Å².